The van der Waals surface area contributed by atoms with Gasteiger partial charge in [-0.2, -0.15) is 0 Å². The average molecular weight is 416 g/mol. The maximum Gasteiger partial charge on any atom is 0.322 e. The molecule has 2 N–H and O–H groups in total. The predicted molar refractivity (Wildman–Crippen MR) is 116 cm³/mol. The van der Waals surface area contributed by atoms with Crippen molar-refractivity contribution in [1.29, 1.82) is 0 Å². The second-order valence-electron chi connectivity index (χ2n) is 8.21. The molecular weight excluding hydrogens is 380 g/mol. The van der Waals surface area contributed by atoms with Gasteiger partial charge in [-0.25, -0.2) is 4.79 Å². The van der Waals surface area contributed by atoms with Crippen LogP contribution in [0, 0.1) is 0 Å². The standard InChI is InChI=1S/C23H34N4O3/c1-6-26(7-2)13-9-10-16(3)27-15-19-20(22(27)28)21(24-23(29)25(19)4)17-11-8-12-18(14-17)30-5/h8,11-12,14,16,21H,6-7,9-10,13,15H2,1-5H3,(H,24,29)/p+1/t16-,21-/m0/s1. The first-order valence-corrected chi connectivity index (χ1v) is 11.0. The molecule has 0 saturated carbocycles. The first-order valence-electron chi connectivity index (χ1n) is 11.0. The molecule has 2 aliphatic heterocycles. The lowest BCUT2D eigenvalue weighted by Gasteiger charge is -2.31. The summed E-state index contributed by atoms with van der Waals surface area (Å²) in [6.07, 6.45) is 2.05. The molecule has 0 fully saturated rings. The lowest BCUT2D eigenvalue weighted by atomic mass is 9.95. The van der Waals surface area contributed by atoms with Crippen LogP contribution >= 0.6 is 0 Å². The van der Waals surface area contributed by atoms with Crippen LogP contribution in [-0.2, 0) is 4.79 Å². The maximum absolute atomic E-state index is 13.4. The van der Waals surface area contributed by atoms with E-state index in [9.17, 15) is 9.59 Å². The van der Waals surface area contributed by atoms with Gasteiger partial charge in [-0.3, -0.25) is 9.69 Å². The number of quaternary nitrogens is 1. The number of ether oxygens (including phenoxy) is 1. The van der Waals surface area contributed by atoms with Gasteiger partial charge in [0.05, 0.1) is 50.6 Å². The molecular formula is C23H35N4O3+. The Labute approximate surface area is 179 Å². The summed E-state index contributed by atoms with van der Waals surface area (Å²) in [6.45, 7) is 10.4. The summed E-state index contributed by atoms with van der Waals surface area (Å²) in [5.74, 6) is 0.727. The van der Waals surface area contributed by atoms with Crippen molar-refractivity contribution in [2.24, 2.45) is 0 Å². The van der Waals surface area contributed by atoms with Crippen LogP contribution in [0.5, 0.6) is 5.75 Å². The van der Waals surface area contributed by atoms with E-state index in [0.717, 1.165) is 43.7 Å². The molecule has 3 rings (SSSR count). The predicted octanol–water partition coefficient (Wildman–Crippen LogP) is 1.58. The van der Waals surface area contributed by atoms with E-state index in [4.69, 9.17) is 4.74 Å². The summed E-state index contributed by atoms with van der Waals surface area (Å²) in [5, 5.41) is 2.99. The smallest absolute Gasteiger partial charge is 0.322 e. The fraction of sp³-hybridized carbons (Fsp3) is 0.565. The van der Waals surface area contributed by atoms with Gasteiger partial charge in [-0.1, -0.05) is 12.1 Å². The van der Waals surface area contributed by atoms with Gasteiger partial charge in [0.25, 0.3) is 5.91 Å². The highest BCUT2D eigenvalue weighted by molar-refractivity contribution is 6.01. The van der Waals surface area contributed by atoms with Gasteiger partial charge in [0.1, 0.15) is 5.75 Å². The van der Waals surface area contributed by atoms with Crippen LogP contribution in [0.25, 0.3) is 0 Å². The highest BCUT2D eigenvalue weighted by Crippen LogP contribution is 2.37. The molecule has 0 aliphatic carbocycles. The van der Waals surface area contributed by atoms with Crippen molar-refractivity contribution >= 4 is 11.9 Å². The molecule has 0 bridgehead atoms. The second kappa shape index (κ2) is 9.51. The molecule has 30 heavy (non-hydrogen) atoms. The van der Waals surface area contributed by atoms with E-state index in [1.807, 2.05) is 29.2 Å². The molecule has 164 valence electrons. The third-order valence-electron chi connectivity index (χ3n) is 6.50. The number of benzene rings is 1. The highest BCUT2D eigenvalue weighted by atomic mass is 16.5. The number of nitrogens with one attached hydrogen (secondary N) is 2. The largest absolute Gasteiger partial charge is 0.497 e. The lowest BCUT2D eigenvalue weighted by Crippen LogP contribution is -3.11. The highest BCUT2D eigenvalue weighted by Gasteiger charge is 2.44. The first kappa shape index (κ1) is 22.2. The van der Waals surface area contributed by atoms with E-state index in [1.165, 1.54) is 0 Å². The maximum atomic E-state index is 13.4. The van der Waals surface area contributed by atoms with E-state index in [0.29, 0.717) is 17.9 Å². The number of hydrogen-bond acceptors (Lipinski definition) is 3. The number of amides is 3. The van der Waals surface area contributed by atoms with E-state index in [1.54, 1.807) is 24.0 Å². The zero-order chi connectivity index (χ0) is 21.8. The van der Waals surface area contributed by atoms with Gasteiger partial charge in [-0.05, 0) is 51.3 Å². The first-order chi connectivity index (χ1) is 14.4. The van der Waals surface area contributed by atoms with Crippen LogP contribution in [0.3, 0.4) is 0 Å². The Morgan fingerprint density at radius 1 is 1.27 bits per heavy atom. The Balaban J connectivity index is 1.78. The molecule has 2 aliphatic rings. The quantitative estimate of drug-likeness (QED) is 0.644. The van der Waals surface area contributed by atoms with Crippen LogP contribution < -0.4 is 15.0 Å². The van der Waals surface area contributed by atoms with Crippen molar-refractivity contribution in [3.05, 3.63) is 41.1 Å². The fourth-order valence-electron chi connectivity index (χ4n) is 4.42. The zero-order valence-electron chi connectivity index (χ0n) is 18.8. The molecule has 7 nitrogen and oxygen atoms in total. The molecule has 2 heterocycles. The van der Waals surface area contributed by atoms with Crippen molar-refractivity contribution in [3.63, 3.8) is 0 Å². The Bertz CT molecular complexity index is 818. The number of carbonyl (C=O) groups is 2. The number of nitrogens with zero attached hydrogens (tertiary/aromatic N) is 2. The second-order valence-corrected chi connectivity index (χ2v) is 8.21. The van der Waals surface area contributed by atoms with Crippen LogP contribution in [0.1, 0.15) is 45.2 Å². The van der Waals surface area contributed by atoms with Crippen molar-refractivity contribution in [2.75, 3.05) is 40.3 Å². The zero-order valence-corrected chi connectivity index (χ0v) is 18.8. The van der Waals surface area contributed by atoms with Crippen LogP contribution in [0.4, 0.5) is 4.79 Å². The molecule has 7 heteroatoms. The summed E-state index contributed by atoms with van der Waals surface area (Å²) in [6, 6.07) is 7.04. The van der Waals surface area contributed by atoms with Gasteiger partial charge in [0.2, 0.25) is 0 Å². The van der Waals surface area contributed by atoms with E-state index < -0.39 is 6.04 Å². The third kappa shape index (κ3) is 4.31. The molecule has 0 saturated heterocycles. The molecule has 1 aromatic rings. The minimum atomic E-state index is -0.455. The third-order valence-corrected chi connectivity index (χ3v) is 6.50. The van der Waals surface area contributed by atoms with Crippen LogP contribution in [0.2, 0.25) is 0 Å². The van der Waals surface area contributed by atoms with Gasteiger partial charge in [0, 0.05) is 13.1 Å². The lowest BCUT2D eigenvalue weighted by molar-refractivity contribution is -0.896. The van der Waals surface area contributed by atoms with Crippen molar-refractivity contribution in [1.82, 2.24) is 15.1 Å². The van der Waals surface area contributed by atoms with Crippen molar-refractivity contribution < 1.29 is 19.2 Å². The normalized spacial score (nSPS) is 20.0. The Kier molecular flexibility index (Phi) is 7.02. The van der Waals surface area contributed by atoms with Crippen LogP contribution in [-0.4, -0.2) is 68.1 Å². The number of rotatable bonds is 9. The van der Waals surface area contributed by atoms with Crippen molar-refractivity contribution in [2.45, 2.75) is 45.7 Å². The van der Waals surface area contributed by atoms with Crippen LogP contribution in [0.15, 0.2) is 35.5 Å². The minimum absolute atomic E-state index is 0.0207. The Morgan fingerprint density at radius 3 is 2.67 bits per heavy atom. The summed E-state index contributed by atoms with van der Waals surface area (Å²) in [7, 11) is 3.35. The molecule has 0 radical (unpaired) electrons. The number of urea groups is 1. The molecule has 0 unspecified atom stereocenters. The van der Waals surface area contributed by atoms with Gasteiger partial charge in [0.15, 0.2) is 0 Å². The summed E-state index contributed by atoms with van der Waals surface area (Å²) in [4.78, 5) is 31.1. The molecule has 3 amide bonds. The molecule has 2 atom stereocenters. The topological polar surface area (TPSA) is 66.3 Å². The fourth-order valence-corrected chi connectivity index (χ4v) is 4.42. The SMILES string of the molecule is CC[NH+](CC)CCC[C@H](C)N1CC2=C(C1=O)[C@H](c1cccc(OC)c1)NC(=O)N2C. The Morgan fingerprint density at radius 2 is 2.00 bits per heavy atom. The molecule has 0 spiro atoms. The van der Waals surface area contributed by atoms with E-state index in [2.05, 4.69) is 26.1 Å². The van der Waals surface area contributed by atoms with E-state index in [-0.39, 0.29) is 18.0 Å². The number of methoxy groups -OCH3 is 1. The average Bonchev–Trinajstić information content (AvgIpc) is 3.11. The van der Waals surface area contributed by atoms with Gasteiger partial charge >= 0.3 is 6.03 Å². The number of hydrogen-bond donors (Lipinski definition) is 2. The van der Waals surface area contributed by atoms with Gasteiger partial charge in [-0.15, -0.1) is 0 Å². The van der Waals surface area contributed by atoms with E-state index >= 15 is 0 Å². The summed E-state index contributed by atoms with van der Waals surface area (Å²) < 4.78 is 5.34. The number of carbonyl (C=O) groups excluding carboxylic acids is 2. The summed E-state index contributed by atoms with van der Waals surface area (Å²) in [5.41, 5.74) is 2.33. The minimum Gasteiger partial charge on any atom is -0.497 e. The summed E-state index contributed by atoms with van der Waals surface area (Å²) >= 11 is 0. The molecule has 1 aromatic carbocycles. The van der Waals surface area contributed by atoms with Crippen molar-refractivity contribution in [3.8, 4) is 5.75 Å². The monoisotopic (exact) mass is 415 g/mol. The number of likely N-dealkylation sites (N-methyl/N-ethyl adjacent to an activating group) is 1. The van der Waals surface area contributed by atoms with Gasteiger partial charge < -0.3 is 19.9 Å². The molecule has 0 aromatic heterocycles. The Hall–Kier alpha value is -2.54.